The van der Waals surface area contributed by atoms with Crippen LogP contribution in [0.4, 0.5) is 8.78 Å². The largest absolute Gasteiger partial charge is 0.447 e. The SMILES string of the molecule is C/C(=C/C=C(\C)Cl)CCl.CCO.O=C(c1cc2c(cc1F)OC(c1ccc(F)cc1)O2)N1CCCC1. The van der Waals surface area contributed by atoms with Gasteiger partial charge in [0, 0.05) is 42.2 Å². The fourth-order valence-electron chi connectivity index (χ4n) is 3.29. The van der Waals surface area contributed by atoms with Gasteiger partial charge in [0.25, 0.3) is 12.2 Å². The summed E-state index contributed by atoms with van der Waals surface area (Å²) in [4.78, 5) is 14.0. The quantitative estimate of drug-likeness (QED) is 0.335. The number of alkyl halides is 1. The van der Waals surface area contributed by atoms with Crippen LogP contribution in [0, 0.1) is 11.6 Å². The van der Waals surface area contributed by atoms with E-state index in [9.17, 15) is 13.6 Å². The number of hydrogen-bond donors (Lipinski definition) is 1. The third kappa shape index (κ3) is 8.80. The lowest BCUT2D eigenvalue weighted by atomic mass is 10.1. The number of allylic oxidation sites excluding steroid dienone is 4. The number of hydrogen-bond acceptors (Lipinski definition) is 4. The highest BCUT2D eigenvalue weighted by molar-refractivity contribution is 6.29. The monoisotopic (exact) mass is 541 g/mol. The Labute approximate surface area is 220 Å². The van der Waals surface area contributed by atoms with E-state index < -0.39 is 12.1 Å². The van der Waals surface area contributed by atoms with E-state index >= 15 is 0 Å². The van der Waals surface area contributed by atoms with Gasteiger partial charge >= 0.3 is 0 Å². The lowest BCUT2D eigenvalue weighted by molar-refractivity contribution is 0.0485. The summed E-state index contributed by atoms with van der Waals surface area (Å²) in [6.07, 6.45) is 4.83. The van der Waals surface area contributed by atoms with E-state index in [2.05, 4.69) is 0 Å². The molecule has 0 radical (unpaired) electrons. The minimum Gasteiger partial charge on any atom is -0.447 e. The van der Waals surface area contributed by atoms with Crippen molar-refractivity contribution >= 4 is 29.1 Å². The van der Waals surface area contributed by atoms with E-state index in [1.165, 1.54) is 24.3 Å². The Morgan fingerprint density at radius 1 is 1.08 bits per heavy atom. The minimum atomic E-state index is -0.780. The molecule has 9 heteroatoms. The number of amides is 1. The van der Waals surface area contributed by atoms with Gasteiger partial charge in [-0.2, -0.15) is 0 Å². The number of carbonyl (C=O) groups excluding carboxylic acids is 1. The second kappa shape index (κ2) is 14.8. The number of likely N-dealkylation sites (tertiary alicyclic amines) is 1. The van der Waals surface area contributed by atoms with E-state index in [1.54, 1.807) is 24.0 Å². The van der Waals surface area contributed by atoms with Crippen molar-refractivity contribution in [1.29, 1.82) is 0 Å². The van der Waals surface area contributed by atoms with Crippen molar-refractivity contribution < 1.29 is 28.2 Å². The van der Waals surface area contributed by atoms with Gasteiger partial charge in [0.15, 0.2) is 11.5 Å². The zero-order valence-electron chi connectivity index (χ0n) is 20.6. The van der Waals surface area contributed by atoms with E-state index in [-0.39, 0.29) is 29.6 Å². The Morgan fingerprint density at radius 2 is 1.64 bits per heavy atom. The molecule has 0 aliphatic carbocycles. The zero-order valence-corrected chi connectivity index (χ0v) is 22.1. The summed E-state index contributed by atoms with van der Waals surface area (Å²) in [5.74, 6) is -0.205. The topological polar surface area (TPSA) is 59.0 Å². The van der Waals surface area contributed by atoms with Crippen LogP contribution in [0.5, 0.6) is 11.5 Å². The average Bonchev–Trinajstić information content (AvgIpc) is 3.53. The van der Waals surface area contributed by atoms with Crippen molar-refractivity contribution in [3.63, 3.8) is 0 Å². The molecule has 1 atom stereocenters. The van der Waals surface area contributed by atoms with Crippen LogP contribution in [0.15, 0.2) is 59.2 Å². The Morgan fingerprint density at radius 3 is 2.17 bits per heavy atom. The summed E-state index contributed by atoms with van der Waals surface area (Å²) < 4.78 is 38.5. The lowest BCUT2D eigenvalue weighted by Gasteiger charge is -2.15. The van der Waals surface area contributed by atoms with E-state index in [1.807, 2.05) is 26.0 Å². The molecule has 2 aliphatic heterocycles. The van der Waals surface area contributed by atoms with Gasteiger partial charge in [-0.1, -0.05) is 23.3 Å². The maximum absolute atomic E-state index is 14.3. The van der Waals surface area contributed by atoms with Gasteiger partial charge in [-0.25, -0.2) is 8.78 Å². The molecule has 0 spiro atoms. The number of fused-ring (bicyclic) bond motifs is 1. The number of ether oxygens (including phenoxy) is 2. The van der Waals surface area contributed by atoms with E-state index in [0.29, 0.717) is 30.3 Å². The summed E-state index contributed by atoms with van der Waals surface area (Å²) in [7, 11) is 0. The highest BCUT2D eigenvalue weighted by Gasteiger charge is 2.30. The normalized spacial score (nSPS) is 16.7. The van der Waals surface area contributed by atoms with Crippen molar-refractivity contribution in [2.75, 3.05) is 25.6 Å². The van der Waals surface area contributed by atoms with Gasteiger partial charge in [-0.05, 0) is 70.0 Å². The van der Waals surface area contributed by atoms with Crippen molar-refractivity contribution in [1.82, 2.24) is 4.90 Å². The van der Waals surface area contributed by atoms with Crippen LogP contribution < -0.4 is 9.47 Å². The lowest BCUT2D eigenvalue weighted by Crippen LogP contribution is -2.28. The highest BCUT2D eigenvalue weighted by Crippen LogP contribution is 2.42. The summed E-state index contributed by atoms with van der Waals surface area (Å²) in [6.45, 7) is 7.01. The summed E-state index contributed by atoms with van der Waals surface area (Å²) in [6, 6.07) is 8.23. The van der Waals surface area contributed by atoms with E-state index in [4.69, 9.17) is 37.8 Å². The number of nitrogens with zero attached hydrogens (tertiary/aromatic N) is 1. The van der Waals surface area contributed by atoms with Crippen LogP contribution in [0.1, 0.15) is 55.8 Å². The molecule has 2 aliphatic rings. The maximum atomic E-state index is 14.3. The molecule has 2 aromatic carbocycles. The van der Waals surface area contributed by atoms with Crippen LogP contribution in [0.3, 0.4) is 0 Å². The highest BCUT2D eigenvalue weighted by atomic mass is 35.5. The molecule has 0 bridgehead atoms. The molecule has 2 aromatic rings. The Kier molecular flexibility index (Phi) is 12.2. The molecule has 1 fully saturated rings. The molecule has 2 heterocycles. The number of benzene rings is 2. The molecule has 0 aromatic heterocycles. The molecule has 1 amide bonds. The maximum Gasteiger partial charge on any atom is 0.267 e. The Bertz CT molecular complexity index is 1060. The van der Waals surface area contributed by atoms with Crippen molar-refractivity contribution in [2.45, 2.75) is 39.9 Å². The van der Waals surface area contributed by atoms with Gasteiger partial charge in [-0.3, -0.25) is 4.79 Å². The second-order valence-corrected chi connectivity index (χ2v) is 8.98. The van der Waals surface area contributed by atoms with Gasteiger partial charge in [-0.15, -0.1) is 11.6 Å². The molecular weight excluding hydrogens is 511 g/mol. The number of aliphatic hydroxyl groups is 1. The summed E-state index contributed by atoms with van der Waals surface area (Å²) >= 11 is 11.0. The fraction of sp³-hybridized carbons (Fsp3) is 0.370. The molecule has 5 nitrogen and oxygen atoms in total. The number of carbonyl (C=O) groups is 1. The predicted molar refractivity (Wildman–Crippen MR) is 139 cm³/mol. The summed E-state index contributed by atoms with van der Waals surface area (Å²) in [5, 5.41) is 8.35. The third-order valence-corrected chi connectivity index (χ3v) is 5.62. The molecule has 1 saturated heterocycles. The first-order valence-corrected chi connectivity index (χ1v) is 12.5. The summed E-state index contributed by atoms with van der Waals surface area (Å²) in [5.41, 5.74) is 1.72. The van der Waals surface area contributed by atoms with Crippen molar-refractivity contribution in [3.8, 4) is 11.5 Å². The smallest absolute Gasteiger partial charge is 0.267 e. The Hall–Kier alpha value is -2.61. The minimum absolute atomic E-state index is 0.0148. The Balaban J connectivity index is 0.000000322. The van der Waals surface area contributed by atoms with Crippen LogP contribution in [-0.4, -0.2) is 41.5 Å². The molecule has 4 rings (SSSR count). The van der Waals surface area contributed by atoms with Gasteiger partial charge in [0.05, 0.1) is 5.56 Å². The number of rotatable bonds is 4. The molecule has 1 N–H and O–H groups in total. The molecular formula is C27H31Cl2F2NO4. The second-order valence-electron chi connectivity index (χ2n) is 8.11. The molecule has 0 saturated carbocycles. The predicted octanol–water partition coefficient (Wildman–Crippen LogP) is 6.98. The number of halogens is 4. The average molecular weight is 542 g/mol. The van der Waals surface area contributed by atoms with Gasteiger partial charge in [0.1, 0.15) is 11.6 Å². The fourth-order valence-corrected chi connectivity index (χ4v) is 3.44. The van der Waals surface area contributed by atoms with E-state index in [0.717, 1.165) is 23.4 Å². The molecule has 36 heavy (non-hydrogen) atoms. The van der Waals surface area contributed by atoms with Gasteiger partial charge in [0.2, 0.25) is 0 Å². The number of aliphatic hydroxyl groups excluding tert-OH is 1. The standard InChI is InChI=1S/C18H15F2NO3.C7H10Cl2.C2H6O/c19-12-5-3-11(4-6-12)18-23-15-9-13(14(20)10-16(15)24-18)17(22)21-7-1-2-8-21;1-6(5-8)3-4-7(2)9;1-2-3/h3-6,9-10,18H,1-2,7-8H2;3-4H,5H2,1-2H3;3H,2H2,1H3/b;6-3-,7-4+;. The van der Waals surface area contributed by atoms with Crippen LogP contribution >= 0.6 is 23.2 Å². The zero-order chi connectivity index (χ0) is 26.7. The first-order valence-electron chi connectivity index (χ1n) is 11.6. The van der Waals surface area contributed by atoms with Crippen LogP contribution in [0.2, 0.25) is 0 Å². The van der Waals surface area contributed by atoms with Crippen molar-refractivity contribution in [2.24, 2.45) is 0 Å². The molecule has 1 unspecified atom stereocenters. The van der Waals surface area contributed by atoms with Gasteiger partial charge < -0.3 is 19.5 Å². The first-order chi connectivity index (χ1) is 17.2. The van der Waals surface area contributed by atoms with Crippen molar-refractivity contribution in [3.05, 3.63) is 81.9 Å². The molecule has 196 valence electrons. The first kappa shape index (κ1) is 29.6. The van der Waals surface area contributed by atoms with Crippen LogP contribution in [0.25, 0.3) is 0 Å². The third-order valence-electron chi connectivity index (χ3n) is 5.08. The van der Waals surface area contributed by atoms with Crippen LogP contribution in [-0.2, 0) is 0 Å².